The van der Waals surface area contributed by atoms with E-state index in [1.165, 1.54) is 31.2 Å². The van der Waals surface area contributed by atoms with E-state index in [0.717, 1.165) is 6.08 Å². The lowest BCUT2D eigenvalue weighted by molar-refractivity contribution is -0.134. The monoisotopic (exact) mass is 322 g/mol. The van der Waals surface area contributed by atoms with Crippen LogP contribution < -0.4 is 0 Å². The number of aliphatic hydroxyl groups is 2. The third-order valence-electron chi connectivity index (χ3n) is 2.89. The van der Waals surface area contributed by atoms with Crippen molar-refractivity contribution in [3.05, 3.63) is 48.0 Å². The maximum Gasteiger partial charge on any atom is 0.339 e. The Labute approximate surface area is 133 Å². The SMILES string of the molecule is C=CC(=O)C(C)(O)COC(=O)c1ccccc1C(=O)OCCO. The molecule has 1 aromatic carbocycles. The van der Waals surface area contributed by atoms with Gasteiger partial charge in [0.05, 0.1) is 17.7 Å². The van der Waals surface area contributed by atoms with Crippen molar-refractivity contribution in [1.82, 2.24) is 0 Å². The molecular formula is C16H18O7. The molecule has 0 aliphatic heterocycles. The average Bonchev–Trinajstić information content (AvgIpc) is 2.56. The fraction of sp³-hybridized carbons (Fsp3) is 0.312. The molecule has 23 heavy (non-hydrogen) atoms. The number of hydrogen-bond acceptors (Lipinski definition) is 7. The van der Waals surface area contributed by atoms with Crippen LogP contribution in [0.3, 0.4) is 0 Å². The van der Waals surface area contributed by atoms with Gasteiger partial charge in [-0.15, -0.1) is 0 Å². The summed E-state index contributed by atoms with van der Waals surface area (Å²) < 4.78 is 9.65. The minimum absolute atomic E-state index is 0.0411. The third-order valence-corrected chi connectivity index (χ3v) is 2.89. The quantitative estimate of drug-likeness (QED) is 0.529. The number of carbonyl (C=O) groups excluding carboxylic acids is 3. The smallest absolute Gasteiger partial charge is 0.339 e. The molecule has 124 valence electrons. The van der Waals surface area contributed by atoms with Crippen LogP contribution in [0, 0.1) is 0 Å². The summed E-state index contributed by atoms with van der Waals surface area (Å²) in [6, 6.07) is 5.77. The highest BCUT2D eigenvalue weighted by molar-refractivity contribution is 6.03. The van der Waals surface area contributed by atoms with Crippen LogP contribution in [0.4, 0.5) is 0 Å². The average molecular weight is 322 g/mol. The van der Waals surface area contributed by atoms with Gasteiger partial charge in [-0.3, -0.25) is 4.79 Å². The summed E-state index contributed by atoms with van der Waals surface area (Å²) in [5.41, 5.74) is -2.01. The molecule has 0 aromatic heterocycles. The van der Waals surface area contributed by atoms with Gasteiger partial charge in [-0.2, -0.15) is 0 Å². The van der Waals surface area contributed by atoms with Crippen molar-refractivity contribution in [2.75, 3.05) is 19.8 Å². The first-order valence-electron chi connectivity index (χ1n) is 6.77. The summed E-state index contributed by atoms with van der Waals surface area (Å²) in [5.74, 6) is -2.37. The maximum absolute atomic E-state index is 12.1. The van der Waals surface area contributed by atoms with Crippen LogP contribution in [-0.2, 0) is 14.3 Å². The summed E-state index contributed by atoms with van der Waals surface area (Å²) in [6.07, 6.45) is 0.925. The Balaban J connectivity index is 2.86. The minimum atomic E-state index is -1.90. The van der Waals surface area contributed by atoms with E-state index in [4.69, 9.17) is 14.6 Å². The summed E-state index contributed by atoms with van der Waals surface area (Å²) in [4.78, 5) is 35.3. The van der Waals surface area contributed by atoms with E-state index >= 15 is 0 Å². The number of esters is 2. The Hall–Kier alpha value is -2.51. The van der Waals surface area contributed by atoms with E-state index in [1.54, 1.807) is 0 Å². The molecule has 7 heteroatoms. The van der Waals surface area contributed by atoms with Crippen molar-refractivity contribution in [2.24, 2.45) is 0 Å². The number of rotatable bonds is 8. The molecule has 0 heterocycles. The second kappa shape index (κ2) is 8.21. The molecule has 0 aliphatic rings. The molecule has 0 fully saturated rings. The molecular weight excluding hydrogens is 304 g/mol. The van der Waals surface area contributed by atoms with Gasteiger partial charge in [0, 0.05) is 0 Å². The van der Waals surface area contributed by atoms with Crippen molar-refractivity contribution in [1.29, 1.82) is 0 Å². The van der Waals surface area contributed by atoms with Crippen LogP contribution >= 0.6 is 0 Å². The first kappa shape index (κ1) is 18.5. The molecule has 0 saturated heterocycles. The van der Waals surface area contributed by atoms with Gasteiger partial charge in [-0.1, -0.05) is 18.7 Å². The van der Waals surface area contributed by atoms with Gasteiger partial charge >= 0.3 is 11.9 Å². The second-order valence-corrected chi connectivity index (χ2v) is 4.82. The van der Waals surface area contributed by atoms with Crippen molar-refractivity contribution < 1.29 is 34.1 Å². The van der Waals surface area contributed by atoms with Gasteiger partial charge in [-0.05, 0) is 25.1 Å². The van der Waals surface area contributed by atoms with Crippen molar-refractivity contribution in [3.8, 4) is 0 Å². The Morgan fingerprint density at radius 2 is 1.70 bits per heavy atom. The van der Waals surface area contributed by atoms with Gasteiger partial charge in [0.25, 0.3) is 0 Å². The molecule has 0 amide bonds. The van der Waals surface area contributed by atoms with E-state index in [-0.39, 0.29) is 24.3 Å². The number of hydrogen-bond donors (Lipinski definition) is 2. The second-order valence-electron chi connectivity index (χ2n) is 4.82. The van der Waals surface area contributed by atoms with Crippen LogP contribution in [-0.4, -0.2) is 53.4 Å². The summed E-state index contributed by atoms with van der Waals surface area (Å²) in [6.45, 7) is 3.30. The lowest BCUT2D eigenvalue weighted by Crippen LogP contribution is -2.39. The normalized spacial score (nSPS) is 12.8. The molecule has 2 N–H and O–H groups in total. The fourth-order valence-electron chi connectivity index (χ4n) is 1.63. The van der Waals surface area contributed by atoms with Crippen molar-refractivity contribution in [2.45, 2.75) is 12.5 Å². The van der Waals surface area contributed by atoms with Crippen LogP contribution in [0.15, 0.2) is 36.9 Å². The molecule has 1 rings (SSSR count). The predicted octanol–water partition coefficient (Wildman–Crippen LogP) is 0.499. The summed E-state index contributed by atoms with van der Waals surface area (Å²) in [5, 5.41) is 18.5. The zero-order chi connectivity index (χ0) is 17.5. The van der Waals surface area contributed by atoms with Crippen LogP contribution in [0.25, 0.3) is 0 Å². The van der Waals surface area contributed by atoms with Crippen molar-refractivity contribution in [3.63, 3.8) is 0 Å². The summed E-state index contributed by atoms with van der Waals surface area (Å²) >= 11 is 0. The summed E-state index contributed by atoms with van der Waals surface area (Å²) in [7, 11) is 0. The number of ether oxygens (including phenoxy) is 2. The maximum atomic E-state index is 12.1. The zero-order valence-corrected chi connectivity index (χ0v) is 12.7. The largest absolute Gasteiger partial charge is 0.460 e. The van der Waals surface area contributed by atoms with Gasteiger partial charge in [0.2, 0.25) is 0 Å². The highest BCUT2D eigenvalue weighted by atomic mass is 16.5. The van der Waals surface area contributed by atoms with Gasteiger partial charge in [0.15, 0.2) is 11.4 Å². The van der Waals surface area contributed by atoms with Gasteiger partial charge in [-0.25, -0.2) is 9.59 Å². The third kappa shape index (κ3) is 5.01. The lowest BCUT2D eigenvalue weighted by Gasteiger charge is -2.19. The number of carbonyl (C=O) groups is 3. The Morgan fingerprint density at radius 3 is 2.17 bits per heavy atom. The number of ketones is 1. The number of benzene rings is 1. The highest BCUT2D eigenvalue weighted by Crippen LogP contribution is 2.14. The molecule has 0 aliphatic carbocycles. The van der Waals surface area contributed by atoms with E-state index in [9.17, 15) is 19.5 Å². The minimum Gasteiger partial charge on any atom is -0.460 e. The fourth-order valence-corrected chi connectivity index (χ4v) is 1.63. The van der Waals surface area contributed by atoms with E-state index in [0.29, 0.717) is 0 Å². The van der Waals surface area contributed by atoms with Gasteiger partial charge < -0.3 is 19.7 Å². The Kier molecular flexibility index (Phi) is 6.62. The molecule has 0 radical (unpaired) electrons. The molecule has 1 aromatic rings. The van der Waals surface area contributed by atoms with E-state index in [1.807, 2.05) is 0 Å². The molecule has 0 bridgehead atoms. The Bertz CT molecular complexity index is 604. The lowest BCUT2D eigenvalue weighted by atomic mass is 10.0. The molecule has 0 spiro atoms. The molecule has 0 saturated carbocycles. The van der Waals surface area contributed by atoms with Gasteiger partial charge in [0.1, 0.15) is 13.2 Å². The van der Waals surface area contributed by atoms with Crippen LogP contribution in [0.5, 0.6) is 0 Å². The number of aliphatic hydroxyl groups excluding tert-OH is 1. The van der Waals surface area contributed by atoms with Crippen LogP contribution in [0.2, 0.25) is 0 Å². The van der Waals surface area contributed by atoms with Crippen LogP contribution in [0.1, 0.15) is 27.6 Å². The Morgan fingerprint density at radius 1 is 1.17 bits per heavy atom. The standard InChI is InChI=1S/C16H18O7/c1-3-13(18)16(2,21)10-23-15(20)12-7-5-4-6-11(12)14(19)22-9-8-17/h3-7,17,21H,1,8-10H2,2H3. The first-order chi connectivity index (χ1) is 10.8. The topological polar surface area (TPSA) is 110 Å². The molecule has 1 unspecified atom stereocenters. The zero-order valence-electron chi connectivity index (χ0n) is 12.7. The predicted molar refractivity (Wildman–Crippen MR) is 79.9 cm³/mol. The molecule has 7 nitrogen and oxygen atoms in total. The molecule has 1 atom stereocenters. The first-order valence-corrected chi connectivity index (χ1v) is 6.77. The van der Waals surface area contributed by atoms with Crippen molar-refractivity contribution >= 4 is 17.7 Å². The van der Waals surface area contributed by atoms with E-state index < -0.39 is 29.9 Å². The van der Waals surface area contributed by atoms with E-state index in [2.05, 4.69) is 6.58 Å². The highest BCUT2D eigenvalue weighted by Gasteiger charge is 2.30.